The SMILES string of the molecule is CC(NC(=O)c1cc2ccc(Cl)cc2n1C)c1ccc2[nH]c(=O)oc2c1. The van der Waals surface area contributed by atoms with E-state index >= 15 is 0 Å². The minimum absolute atomic E-state index is 0.192. The molecule has 2 N–H and O–H groups in total. The molecule has 1 atom stereocenters. The molecule has 0 saturated carbocycles. The molecule has 0 spiro atoms. The molecular formula is C19H16ClN3O3. The Labute approximate surface area is 153 Å². The van der Waals surface area contributed by atoms with Crippen LogP contribution in [0.1, 0.15) is 29.0 Å². The van der Waals surface area contributed by atoms with Crippen LogP contribution in [0, 0.1) is 0 Å². The van der Waals surface area contributed by atoms with Crippen LogP contribution in [-0.2, 0) is 7.05 Å². The summed E-state index contributed by atoms with van der Waals surface area (Å²) in [4.78, 5) is 26.6. The van der Waals surface area contributed by atoms with Crippen molar-refractivity contribution in [1.82, 2.24) is 14.9 Å². The number of hydrogen-bond donors (Lipinski definition) is 2. The monoisotopic (exact) mass is 369 g/mol. The van der Waals surface area contributed by atoms with Gasteiger partial charge in [-0.15, -0.1) is 0 Å². The number of oxazole rings is 1. The third-order valence-electron chi connectivity index (χ3n) is 4.53. The molecule has 132 valence electrons. The average Bonchev–Trinajstić information content (AvgIpc) is 3.13. The predicted molar refractivity (Wildman–Crippen MR) is 101 cm³/mol. The number of H-pyrrole nitrogens is 1. The summed E-state index contributed by atoms with van der Waals surface area (Å²) in [5, 5.41) is 4.55. The van der Waals surface area contributed by atoms with Gasteiger partial charge in [-0.3, -0.25) is 9.78 Å². The lowest BCUT2D eigenvalue weighted by Crippen LogP contribution is -2.28. The van der Waals surface area contributed by atoms with Crippen LogP contribution in [0.15, 0.2) is 51.7 Å². The number of carbonyl (C=O) groups is 1. The number of benzene rings is 2. The third-order valence-corrected chi connectivity index (χ3v) is 4.77. The molecule has 0 saturated heterocycles. The molecule has 6 nitrogen and oxygen atoms in total. The van der Waals surface area contributed by atoms with E-state index in [4.69, 9.17) is 16.0 Å². The number of fused-ring (bicyclic) bond motifs is 2. The first-order valence-corrected chi connectivity index (χ1v) is 8.49. The molecule has 0 aliphatic rings. The van der Waals surface area contributed by atoms with Crippen molar-refractivity contribution in [2.75, 3.05) is 0 Å². The Morgan fingerprint density at radius 2 is 2.04 bits per heavy atom. The normalized spacial score (nSPS) is 12.6. The molecule has 2 heterocycles. The van der Waals surface area contributed by atoms with Gasteiger partial charge in [0.2, 0.25) is 0 Å². The molecule has 2 aromatic carbocycles. The quantitative estimate of drug-likeness (QED) is 0.577. The van der Waals surface area contributed by atoms with Crippen LogP contribution in [0.4, 0.5) is 0 Å². The van der Waals surface area contributed by atoms with Crippen molar-refractivity contribution in [3.8, 4) is 0 Å². The molecular weight excluding hydrogens is 354 g/mol. The van der Waals surface area contributed by atoms with Crippen LogP contribution in [0.3, 0.4) is 0 Å². The van der Waals surface area contributed by atoms with Crippen LogP contribution in [0.2, 0.25) is 5.02 Å². The molecule has 26 heavy (non-hydrogen) atoms. The summed E-state index contributed by atoms with van der Waals surface area (Å²) in [6, 6.07) is 12.5. The second kappa shape index (κ2) is 6.07. The van der Waals surface area contributed by atoms with E-state index in [0.717, 1.165) is 16.5 Å². The molecule has 0 bridgehead atoms. The molecule has 1 amide bonds. The Balaban J connectivity index is 1.62. The Kier molecular flexibility index (Phi) is 3.85. The lowest BCUT2D eigenvalue weighted by molar-refractivity contribution is 0.0932. The van der Waals surface area contributed by atoms with Gasteiger partial charge in [0.15, 0.2) is 5.58 Å². The van der Waals surface area contributed by atoms with Crippen molar-refractivity contribution in [3.05, 3.63) is 69.3 Å². The third kappa shape index (κ3) is 2.78. The van der Waals surface area contributed by atoms with Gasteiger partial charge in [0.1, 0.15) is 5.69 Å². The topological polar surface area (TPSA) is 80.0 Å². The fraction of sp³-hybridized carbons (Fsp3) is 0.158. The van der Waals surface area contributed by atoms with Gasteiger partial charge in [-0.25, -0.2) is 4.79 Å². The first kappa shape index (κ1) is 16.5. The largest absolute Gasteiger partial charge is 0.417 e. The van der Waals surface area contributed by atoms with E-state index in [-0.39, 0.29) is 11.9 Å². The highest BCUT2D eigenvalue weighted by Gasteiger charge is 2.17. The van der Waals surface area contributed by atoms with Crippen molar-refractivity contribution in [2.45, 2.75) is 13.0 Å². The summed E-state index contributed by atoms with van der Waals surface area (Å²) < 4.78 is 6.90. The standard InChI is InChI=1S/C19H16ClN3O3/c1-10(11-4-6-14-17(8-11)26-19(25)22-14)21-18(24)16-7-12-3-5-13(20)9-15(12)23(16)2/h3-10H,1-2H3,(H,21,24)(H,22,25). The molecule has 4 aromatic rings. The highest BCUT2D eigenvalue weighted by atomic mass is 35.5. The van der Waals surface area contributed by atoms with Crippen molar-refractivity contribution in [1.29, 1.82) is 0 Å². The van der Waals surface area contributed by atoms with Gasteiger partial charge in [0, 0.05) is 23.0 Å². The Morgan fingerprint density at radius 1 is 1.23 bits per heavy atom. The van der Waals surface area contributed by atoms with E-state index in [9.17, 15) is 9.59 Å². The number of aromatic amines is 1. The number of nitrogens with one attached hydrogen (secondary N) is 2. The lowest BCUT2D eigenvalue weighted by atomic mass is 10.1. The number of carbonyl (C=O) groups excluding carboxylic acids is 1. The predicted octanol–water partition coefficient (Wildman–Crippen LogP) is 3.76. The second-order valence-electron chi connectivity index (χ2n) is 6.26. The van der Waals surface area contributed by atoms with Crippen molar-refractivity contribution < 1.29 is 9.21 Å². The maximum Gasteiger partial charge on any atom is 0.417 e. The van der Waals surface area contributed by atoms with Crippen LogP contribution < -0.4 is 11.1 Å². The van der Waals surface area contributed by atoms with Crippen LogP contribution in [-0.4, -0.2) is 15.5 Å². The molecule has 0 aliphatic carbocycles. The van der Waals surface area contributed by atoms with E-state index in [1.165, 1.54) is 0 Å². The molecule has 7 heteroatoms. The van der Waals surface area contributed by atoms with Crippen molar-refractivity contribution >= 4 is 39.5 Å². The summed E-state index contributed by atoms with van der Waals surface area (Å²) in [5.41, 5.74) is 3.38. The first-order chi connectivity index (χ1) is 12.4. The Bertz CT molecular complexity index is 1200. The highest BCUT2D eigenvalue weighted by Crippen LogP contribution is 2.24. The summed E-state index contributed by atoms with van der Waals surface area (Å²) in [5.74, 6) is -0.689. The number of hydrogen-bond acceptors (Lipinski definition) is 3. The first-order valence-electron chi connectivity index (χ1n) is 8.11. The highest BCUT2D eigenvalue weighted by molar-refractivity contribution is 6.31. The van der Waals surface area contributed by atoms with Gasteiger partial charge in [-0.1, -0.05) is 23.7 Å². The Morgan fingerprint density at radius 3 is 2.85 bits per heavy atom. The minimum Gasteiger partial charge on any atom is -0.408 e. The van der Waals surface area contributed by atoms with Crippen LogP contribution in [0.25, 0.3) is 22.0 Å². The van der Waals surface area contributed by atoms with Crippen LogP contribution in [0.5, 0.6) is 0 Å². The zero-order valence-electron chi connectivity index (χ0n) is 14.2. The Hall–Kier alpha value is -2.99. The summed E-state index contributed by atoms with van der Waals surface area (Å²) in [6.07, 6.45) is 0. The zero-order chi connectivity index (χ0) is 18.4. The molecule has 0 radical (unpaired) electrons. The van der Waals surface area contributed by atoms with Gasteiger partial charge in [0.05, 0.1) is 11.6 Å². The molecule has 2 aromatic heterocycles. The lowest BCUT2D eigenvalue weighted by Gasteiger charge is -2.14. The van der Waals surface area contributed by atoms with E-state index in [2.05, 4.69) is 10.3 Å². The number of rotatable bonds is 3. The number of amides is 1. The average molecular weight is 370 g/mol. The van der Waals surface area contributed by atoms with Crippen molar-refractivity contribution in [2.24, 2.45) is 7.05 Å². The van der Waals surface area contributed by atoms with E-state index in [1.54, 1.807) is 18.2 Å². The maximum absolute atomic E-state index is 12.7. The fourth-order valence-corrected chi connectivity index (χ4v) is 3.27. The number of aromatic nitrogens is 2. The van der Waals surface area contributed by atoms with Gasteiger partial charge < -0.3 is 14.3 Å². The smallest absolute Gasteiger partial charge is 0.408 e. The molecule has 0 fully saturated rings. The van der Waals surface area contributed by atoms with Gasteiger partial charge in [0.25, 0.3) is 5.91 Å². The second-order valence-corrected chi connectivity index (χ2v) is 6.69. The molecule has 0 aliphatic heterocycles. The number of aryl methyl sites for hydroxylation is 1. The van der Waals surface area contributed by atoms with Gasteiger partial charge in [-0.2, -0.15) is 0 Å². The van der Waals surface area contributed by atoms with E-state index < -0.39 is 5.76 Å². The van der Waals surface area contributed by atoms with E-state index in [0.29, 0.717) is 21.8 Å². The maximum atomic E-state index is 12.7. The fourth-order valence-electron chi connectivity index (χ4n) is 3.11. The summed E-state index contributed by atoms with van der Waals surface area (Å²) in [6.45, 7) is 1.88. The minimum atomic E-state index is -0.497. The van der Waals surface area contributed by atoms with Crippen molar-refractivity contribution in [3.63, 3.8) is 0 Å². The summed E-state index contributed by atoms with van der Waals surface area (Å²) >= 11 is 6.05. The molecule has 4 rings (SSSR count). The molecule has 1 unspecified atom stereocenters. The van der Waals surface area contributed by atoms with Crippen LogP contribution >= 0.6 is 11.6 Å². The van der Waals surface area contributed by atoms with Gasteiger partial charge >= 0.3 is 5.76 Å². The van der Waals surface area contributed by atoms with E-state index in [1.807, 2.05) is 42.8 Å². The van der Waals surface area contributed by atoms with Gasteiger partial charge in [-0.05, 0) is 42.8 Å². The summed E-state index contributed by atoms with van der Waals surface area (Å²) in [7, 11) is 1.83. The number of nitrogens with zero attached hydrogens (tertiary/aromatic N) is 1. The zero-order valence-corrected chi connectivity index (χ0v) is 14.9. The number of halogens is 1.